The fraction of sp³-hybridized carbons (Fsp3) is 0.308. The Hall–Kier alpha value is -1.26. The predicted octanol–water partition coefficient (Wildman–Crippen LogP) is 3.18. The van der Waals surface area contributed by atoms with Gasteiger partial charge in [0.05, 0.1) is 11.2 Å². The first-order valence-electron chi connectivity index (χ1n) is 5.62. The molecule has 1 aromatic carbocycles. The van der Waals surface area contributed by atoms with E-state index in [1.165, 1.54) is 6.07 Å². The molecule has 90 valence electrons. The average Bonchev–Trinajstić information content (AvgIpc) is 2.82. The summed E-state index contributed by atoms with van der Waals surface area (Å²) in [6.07, 6.45) is 0.877. The van der Waals surface area contributed by atoms with Gasteiger partial charge in [0.15, 0.2) is 0 Å². The molecule has 0 fully saturated rings. The summed E-state index contributed by atoms with van der Waals surface area (Å²) in [6.45, 7) is 2.78. The Balaban J connectivity index is 1.85. The van der Waals surface area contributed by atoms with E-state index >= 15 is 0 Å². The van der Waals surface area contributed by atoms with Crippen LogP contribution in [0.2, 0.25) is 0 Å². The molecular weight excluding hydrogens is 235 g/mol. The largest absolute Gasteiger partial charge is 0.310 e. The first-order chi connectivity index (χ1) is 8.27. The van der Waals surface area contributed by atoms with Gasteiger partial charge in [0.2, 0.25) is 0 Å². The maximum atomic E-state index is 13.5. The van der Waals surface area contributed by atoms with E-state index in [-0.39, 0.29) is 11.9 Å². The number of thiazole rings is 1. The molecular formula is C13H15FN2S. The molecule has 4 heteroatoms. The zero-order valence-corrected chi connectivity index (χ0v) is 10.5. The predicted molar refractivity (Wildman–Crippen MR) is 68.6 cm³/mol. The smallest absolute Gasteiger partial charge is 0.127 e. The minimum absolute atomic E-state index is 0.0230. The molecule has 0 spiro atoms. The van der Waals surface area contributed by atoms with E-state index < -0.39 is 0 Å². The summed E-state index contributed by atoms with van der Waals surface area (Å²) >= 11 is 1.60. The highest BCUT2D eigenvalue weighted by atomic mass is 32.1. The molecule has 0 amide bonds. The molecule has 1 N–H and O–H groups in total. The summed E-state index contributed by atoms with van der Waals surface area (Å²) < 4.78 is 13.5. The second-order valence-electron chi connectivity index (χ2n) is 3.93. The van der Waals surface area contributed by atoms with Gasteiger partial charge in [-0.1, -0.05) is 18.2 Å². The maximum Gasteiger partial charge on any atom is 0.127 e. The number of aromatic nitrogens is 1. The Bertz CT molecular complexity index is 456. The molecule has 2 nitrogen and oxygen atoms in total. The maximum absolute atomic E-state index is 13.5. The second-order valence-corrected chi connectivity index (χ2v) is 4.65. The van der Waals surface area contributed by atoms with Crippen LogP contribution in [-0.2, 0) is 6.42 Å². The van der Waals surface area contributed by atoms with Crippen molar-refractivity contribution in [1.82, 2.24) is 10.3 Å². The van der Waals surface area contributed by atoms with Crippen molar-refractivity contribution < 1.29 is 4.39 Å². The SMILES string of the molecule is CC(NCCc1cscn1)c1ccccc1F. The zero-order chi connectivity index (χ0) is 12.1. The minimum atomic E-state index is -0.152. The average molecular weight is 250 g/mol. The van der Waals surface area contributed by atoms with Crippen molar-refractivity contribution in [1.29, 1.82) is 0 Å². The van der Waals surface area contributed by atoms with Gasteiger partial charge in [-0.3, -0.25) is 0 Å². The Kier molecular flexibility index (Phi) is 4.23. The van der Waals surface area contributed by atoms with Crippen molar-refractivity contribution in [2.45, 2.75) is 19.4 Å². The lowest BCUT2D eigenvalue weighted by molar-refractivity contribution is 0.530. The number of hydrogen-bond donors (Lipinski definition) is 1. The third kappa shape index (κ3) is 3.35. The van der Waals surface area contributed by atoms with Crippen molar-refractivity contribution in [3.05, 3.63) is 52.2 Å². The van der Waals surface area contributed by atoms with Gasteiger partial charge in [-0.25, -0.2) is 9.37 Å². The van der Waals surface area contributed by atoms with Crippen LogP contribution >= 0.6 is 11.3 Å². The van der Waals surface area contributed by atoms with Gasteiger partial charge in [-0.15, -0.1) is 11.3 Å². The van der Waals surface area contributed by atoms with Crippen molar-refractivity contribution in [3.8, 4) is 0 Å². The Morgan fingerprint density at radius 2 is 2.24 bits per heavy atom. The third-order valence-corrected chi connectivity index (χ3v) is 3.32. The van der Waals surface area contributed by atoms with Crippen molar-refractivity contribution in [2.75, 3.05) is 6.54 Å². The van der Waals surface area contributed by atoms with Crippen LogP contribution in [0, 0.1) is 5.82 Å². The molecule has 0 aliphatic rings. The molecule has 1 atom stereocenters. The lowest BCUT2D eigenvalue weighted by Crippen LogP contribution is -2.22. The number of nitrogens with zero attached hydrogens (tertiary/aromatic N) is 1. The zero-order valence-electron chi connectivity index (χ0n) is 9.69. The molecule has 2 aromatic rings. The lowest BCUT2D eigenvalue weighted by atomic mass is 10.1. The molecule has 0 aliphatic heterocycles. The third-order valence-electron chi connectivity index (χ3n) is 2.69. The van der Waals surface area contributed by atoms with Crippen LogP contribution < -0.4 is 5.32 Å². The first-order valence-corrected chi connectivity index (χ1v) is 6.56. The molecule has 0 bridgehead atoms. The van der Waals surface area contributed by atoms with Gasteiger partial charge in [0.25, 0.3) is 0 Å². The number of hydrogen-bond acceptors (Lipinski definition) is 3. The van der Waals surface area contributed by atoms with Gasteiger partial charge in [0, 0.05) is 30.0 Å². The molecule has 17 heavy (non-hydrogen) atoms. The number of nitrogens with one attached hydrogen (secondary N) is 1. The van der Waals surface area contributed by atoms with Crippen LogP contribution in [-0.4, -0.2) is 11.5 Å². The summed E-state index contributed by atoms with van der Waals surface area (Å²) in [5.74, 6) is -0.152. The molecule has 0 radical (unpaired) electrons. The second kappa shape index (κ2) is 5.89. The van der Waals surface area contributed by atoms with Crippen LogP contribution in [0.25, 0.3) is 0 Å². The van der Waals surface area contributed by atoms with E-state index in [1.54, 1.807) is 17.4 Å². The van der Waals surface area contributed by atoms with E-state index in [0.29, 0.717) is 5.56 Å². The number of halogens is 1. The van der Waals surface area contributed by atoms with Crippen LogP contribution in [0.5, 0.6) is 0 Å². The molecule has 1 unspecified atom stereocenters. The Morgan fingerprint density at radius 3 is 2.94 bits per heavy atom. The summed E-state index contributed by atoms with van der Waals surface area (Å²) in [6, 6.07) is 6.90. The fourth-order valence-electron chi connectivity index (χ4n) is 1.71. The summed E-state index contributed by atoms with van der Waals surface area (Å²) in [5, 5.41) is 5.34. The lowest BCUT2D eigenvalue weighted by Gasteiger charge is -2.14. The van der Waals surface area contributed by atoms with Gasteiger partial charge in [-0.2, -0.15) is 0 Å². The van der Waals surface area contributed by atoms with Crippen LogP contribution in [0.4, 0.5) is 4.39 Å². The molecule has 2 rings (SSSR count). The van der Waals surface area contributed by atoms with Gasteiger partial charge >= 0.3 is 0 Å². The Morgan fingerprint density at radius 1 is 1.41 bits per heavy atom. The summed E-state index contributed by atoms with van der Waals surface area (Å²) in [7, 11) is 0. The highest BCUT2D eigenvalue weighted by Crippen LogP contribution is 2.15. The van der Waals surface area contributed by atoms with Crippen LogP contribution in [0.15, 0.2) is 35.2 Å². The van der Waals surface area contributed by atoms with Crippen molar-refractivity contribution in [2.24, 2.45) is 0 Å². The molecule has 1 aromatic heterocycles. The number of rotatable bonds is 5. The van der Waals surface area contributed by atoms with Gasteiger partial charge in [0.1, 0.15) is 5.82 Å². The first kappa shape index (κ1) is 12.2. The standard InChI is InChI=1S/C13H15FN2S/c1-10(12-4-2-3-5-13(12)14)15-7-6-11-8-17-9-16-11/h2-5,8-10,15H,6-7H2,1H3. The fourth-order valence-corrected chi connectivity index (χ4v) is 2.31. The normalized spacial score (nSPS) is 12.6. The van der Waals surface area contributed by atoms with E-state index in [4.69, 9.17) is 0 Å². The van der Waals surface area contributed by atoms with Crippen LogP contribution in [0.1, 0.15) is 24.2 Å². The van der Waals surface area contributed by atoms with Gasteiger partial charge in [-0.05, 0) is 13.0 Å². The molecule has 0 aliphatic carbocycles. The van der Waals surface area contributed by atoms with E-state index in [0.717, 1.165) is 18.7 Å². The quantitative estimate of drug-likeness (QED) is 0.881. The van der Waals surface area contributed by atoms with Crippen molar-refractivity contribution >= 4 is 11.3 Å². The number of benzene rings is 1. The monoisotopic (exact) mass is 250 g/mol. The van der Waals surface area contributed by atoms with Gasteiger partial charge < -0.3 is 5.32 Å². The molecule has 0 saturated carbocycles. The van der Waals surface area contributed by atoms with E-state index in [9.17, 15) is 4.39 Å². The molecule has 1 heterocycles. The van der Waals surface area contributed by atoms with E-state index in [2.05, 4.69) is 10.3 Å². The molecule has 0 saturated heterocycles. The minimum Gasteiger partial charge on any atom is -0.310 e. The van der Waals surface area contributed by atoms with E-state index in [1.807, 2.05) is 29.9 Å². The highest BCUT2D eigenvalue weighted by molar-refractivity contribution is 7.07. The summed E-state index contributed by atoms with van der Waals surface area (Å²) in [4.78, 5) is 4.21. The van der Waals surface area contributed by atoms with Crippen LogP contribution in [0.3, 0.4) is 0 Å². The Labute approximate surface area is 105 Å². The topological polar surface area (TPSA) is 24.9 Å². The highest BCUT2D eigenvalue weighted by Gasteiger charge is 2.09. The van der Waals surface area contributed by atoms with Crippen molar-refractivity contribution in [3.63, 3.8) is 0 Å². The summed E-state index contributed by atoms with van der Waals surface area (Å²) in [5.41, 5.74) is 3.63.